The molecule has 0 atom stereocenters. The van der Waals surface area contributed by atoms with Crippen LogP contribution in [-0.2, 0) is 16.0 Å². The molecule has 0 unspecified atom stereocenters. The zero-order valence-corrected chi connectivity index (χ0v) is 18.0. The van der Waals surface area contributed by atoms with E-state index in [9.17, 15) is 9.59 Å². The van der Waals surface area contributed by atoms with Crippen molar-refractivity contribution in [1.29, 1.82) is 0 Å². The third kappa shape index (κ3) is 6.44. The Kier molecular flexibility index (Phi) is 8.05. The third-order valence-corrected chi connectivity index (χ3v) is 5.41. The normalized spacial score (nSPS) is 14.8. The van der Waals surface area contributed by atoms with Crippen molar-refractivity contribution in [3.05, 3.63) is 76.3 Å². The number of amides is 1. The molecule has 6 heteroatoms. The van der Waals surface area contributed by atoms with Crippen molar-refractivity contribution in [3.8, 4) is 0 Å². The molecular formula is C24H27ClN2O3. The predicted molar refractivity (Wildman–Crippen MR) is 120 cm³/mol. The monoisotopic (exact) mass is 426 g/mol. The number of piperazine rings is 1. The molecule has 1 aliphatic rings. The summed E-state index contributed by atoms with van der Waals surface area (Å²) < 4.78 is 5.01. The van der Waals surface area contributed by atoms with E-state index in [1.165, 1.54) is 5.56 Å². The molecule has 1 heterocycles. The summed E-state index contributed by atoms with van der Waals surface area (Å²) in [6.45, 7) is 6.29. The Morgan fingerprint density at radius 2 is 1.67 bits per heavy atom. The van der Waals surface area contributed by atoms with Crippen LogP contribution in [0.2, 0.25) is 5.02 Å². The van der Waals surface area contributed by atoms with Crippen molar-refractivity contribution in [2.75, 3.05) is 39.3 Å². The standard InChI is InChI=1S/C24H27ClN2O3/c1-2-30-24(29)21-8-3-20(4-9-21)13-14-26-15-17-27(18-16-26)23(28)12-7-19-5-10-22(25)11-6-19/h3-12H,2,13-18H2,1H3/b12-7+. The van der Waals surface area contributed by atoms with Gasteiger partial charge in [-0.2, -0.15) is 0 Å². The highest BCUT2D eigenvalue weighted by Crippen LogP contribution is 2.12. The van der Waals surface area contributed by atoms with Gasteiger partial charge in [0.2, 0.25) is 5.91 Å². The number of benzene rings is 2. The van der Waals surface area contributed by atoms with Crippen LogP contribution in [0.3, 0.4) is 0 Å². The van der Waals surface area contributed by atoms with E-state index in [2.05, 4.69) is 4.90 Å². The summed E-state index contributed by atoms with van der Waals surface area (Å²) >= 11 is 5.88. The fourth-order valence-corrected chi connectivity index (χ4v) is 3.47. The molecule has 2 aromatic carbocycles. The summed E-state index contributed by atoms with van der Waals surface area (Å²) in [5.41, 5.74) is 2.73. The van der Waals surface area contributed by atoms with Crippen molar-refractivity contribution >= 4 is 29.6 Å². The minimum Gasteiger partial charge on any atom is -0.462 e. The van der Waals surface area contributed by atoms with E-state index in [-0.39, 0.29) is 11.9 Å². The average Bonchev–Trinajstić information content (AvgIpc) is 2.78. The molecule has 0 N–H and O–H groups in total. The molecule has 1 saturated heterocycles. The second kappa shape index (κ2) is 11.0. The van der Waals surface area contributed by atoms with Crippen LogP contribution < -0.4 is 0 Å². The summed E-state index contributed by atoms with van der Waals surface area (Å²) in [6, 6.07) is 15.0. The van der Waals surface area contributed by atoms with Crippen LogP contribution in [0.1, 0.15) is 28.4 Å². The molecule has 0 bridgehead atoms. The number of ether oxygens (including phenoxy) is 1. The van der Waals surface area contributed by atoms with E-state index in [4.69, 9.17) is 16.3 Å². The number of carbonyl (C=O) groups is 2. The number of halogens is 1. The number of carbonyl (C=O) groups excluding carboxylic acids is 2. The van der Waals surface area contributed by atoms with Gasteiger partial charge in [0.1, 0.15) is 0 Å². The molecule has 2 aromatic rings. The maximum absolute atomic E-state index is 12.4. The Balaban J connectivity index is 1.41. The van der Waals surface area contributed by atoms with Gasteiger partial charge in [-0.1, -0.05) is 35.9 Å². The van der Waals surface area contributed by atoms with Gasteiger partial charge in [0.05, 0.1) is 12.2 Å². The van der Waals surface area contributed by atoms with E-state index in [0.717, 1.165) is 44.7 Å². The minimum absolute atomic E-state index is 0.0409. The number of hydrogen-bond donors (Lipinski definition) is 0. The summed E-state index contributed by atoms with van der Waals surface area (Å²) in [4.78, 5) is 28.4. The van der Waals surface area contributed by atoms with Crippen LogP contribution in [0.25, 0.3) is 6.08 Å². The van der Waals surface area contributed by atoms with Gasteiger partial charge in [-0.05, 0) is 54.8 Å². The molecule has 30 heavy (non-hydrogen) atoms. The van der Waals surface area contributed by atoms with E-state index in [1.807, 2.05) is 59.5 Å². The van der Waals surface area contributed by atoms with Crippen molar-refractivity contribution in [3.63, 3.8) is 0 Å². The first kappa shape index (κ1) is 22.1. The summed E-state index contributed by atoms with van der Waals surface area (Å²) in [7, 11) is 0. The Labute approximate surface area is 182 Å². The lowest BCUT2D eigenvalue weighted by Crippen LogP contribution is -2.48. The largest absolute Gasteiger partial charge is 0.462 e. The molecule has 3 rings (SSSR count). The molecule has 5 nitrogen and oxygen atoms in total. The van der Waals surface area contributed by atoms with Gasteiger partial charge in [0.15, 0.2) is 0 Å². The molecule has 0 aliphatic carbocycles. The lowest BCUT2D eigenvalue weighted by Gasteiger charge is -2.34. The Morgan fingerprint density at radius 3 is 2.30 bits per heavy atom. The fraction of sp³-hybridized carbons (Fsp3) is 0.333. The first-order chi connectivity index (χ1) is 14.5. The van der Waals surface area contributed by atoms with Gasteiger partial charge < -0.3 is 9.64 Å². The van der Waals surface area contributed by atoms with Gasteiger partial charge in [-0.15, -0.1) is 0 Å². The SMILES string of the molecule is CCOC(=O)c1ccc(CCN2CCN(C(=O)/C=C/c3ccc(Cl)cc3)CC2)cc1. The van der Waals surface area contributed by atoms with Crippen LogP contribution in [0.5, 0.6) is 0 Å². The van der Waals surface area contributed by atoms with Gasteiger partial charge in [-0.25, -0.2) is 4.79 Å². The van der Waals surface area contributed by atoms with Crippen LogP contribution in [-0.4, -0.2) is 61.0 Å². The quantitative estimate of drug-likeness (QED) is 0.497. The molecule has 1 fully saturated rings. The molecule has 0 aromatic heterocycles. The maximum atomic E-state index is 12.4. The lowest BCUT2D eigenvalue weighted by atomic mass is 10.1. The number of nitrogens with zero attached hydrogens (tertiary/aromatic N) is 2. The maximum Gasteiger partial charge on any atom is 0.338 e. The van der Waals surface area contributed by atoms with Crippen LogP contribution in [0, 0.1) is 0 Å². The first-order valence-electron chi connectivity index (χ1n) is 10.3. The summed E-state index contributed by atoms with van der Waals surface area (Å²) in [6.07, 6.45) is 4.36. The topological polar surface area (TPSA) is 49.9 Å². The summed E-state index contributed by atoms with van der Waals surface area (Å²) in [5, 5.41) is 0.685. The predicted octanol–water partition coefficient (Wildman–Crippen LogP) is 3.92. The lowest BCUT2D eigenvalue weighted by molar-refractivity contribution is -0.127. The molecule has 1 amide bonds. The Hall–Kier alpha value is -2.63. The van der Waals surface area contributed by atoms with Gasteiger partial charge in [0.25, 0.3) is 0 Å². The van der Waals surface area contributed by atoms with E-state index < -0.39 is 0 Å². The second-order valence-corrected chi connectivity index (χ2v) is 7.66. The van der Waals surface area contributed by atoms with Gasteiger partial charge in [0, 0.05) is 43.8 Å². The molecule has 1 aliphatic heterocycles. The highest BCUT2D eigenvalue weighted by Gasteiger charge is 2.19. The fourth-order valence-electron chi connectivity index (χ4n) is 3.35. The average molecular weight is 427 g/mol. The first-order valence-corrected chi connectivity index (χ1v) is 10.6. The molecule has 0 spiro atoms. The second-order valence-electron chi connectivity index (χ2n) is 7.22. The van der Waals surface area contributed by atoms with Gasteiger partial charge >= 0.3 is 5.97 Å². The number of rotatable bonds is 7. The Morgan fingerprint density at radius 1 is 1.00 bits per heavy atom. The zero-order chi connectivity index (χ0) is 21.3. The van der Waals surface area contributed by atoms with Crippen LogP contribution in [0.4, 0.5) is 0 Å². The smallest absolute Gasteiger partial charge is 0.338 e. The zero-order valence-electron chi connectivity index (χ0n) is 17.2. The summed E-state index contributed by atoms with van der Waals surface area (Å²) in [5.74, 6) is -0.242. The van der Waals surface area contributed by atoms with E-state index in [0.29, 0.717) is 17.2 Å². The van der Waals surface area contributed by atoms with Crippen molar-refractivity contribution in [1.82, 2.24) is 9.80 Å². The van der Waals surface area contributed by atoms with E-state index >= 15 is 0 Å². The van der Waals surface area contributed by atoms with Crippen molar-refractivity contribution in [2.45, 2.75) is 13.3 Å². The van der Waals surface area contributed by atoms with Gasteiger partial charge in [-0.3, -0.25) is 9.69 Å². The minimum atomic E-state index is -0.282. The van der Waals surface area contributed by atoms with Crippen LogP contribution >= 0.6 is 11.6 Å². The van der Waals surface area contributed by atoms with Crippen LogP contribution in [0.15, 0.2) is 54.6 Å². The van der Waals surface area contributed by atoms with Crippen molar-refractivity contribution < 1.29 is 14.3 Å². The van der Waals surface area contributed by atoms with E-state index in [1.54, 1.807) is 13.0 Å². The molecule has 158 valence electrons. The molecular weight excluding hydrogens is 400 g/mol. The molecule has 0 saturated carbocycles. The van der Waals surface area contributed by atoms with Crippen molar-refractivity contribution in [2.24, 2.45) is 0 Å². The highest BCUT2D eigenvalue weighted by molar-refractivity contribution is 6.30. The number of esters is 1. The Bertz CT molecular complexity index is 870. The third-order valence-electron chi connectivity index (χ3n) is 5.15. The number of hydrogen-bond acceptors (Lipinski definition) is 4. The highest BCUT2D eigenvalue weighted by atomic mass is 35.5. The molecule has 0 radical (unpaired) electrons.